The van der Waals surface area contributed by atoms with Crippen LogP contribution in [-0.4, -0.2) is 12.4 Å². The number of hydrogen-bond donors (Lipinski definition) is 0. The zero-order chi connectivity index (χ0) is 14.6. The first-order valence-electron chi connectivity index (χ1n) is 6.80. The molecule has 0 spiro atoms. The lowest BCUT2D eigenvalue weighted by Crippen LogP contribution is -2.06. The van der Waals surface area contributed by atoms with Crippen molar-refractivity contribution in [2.24, 2.45) is 5.92 Å². The zero-order valence-corrected chi connectivity index (χ0v) is 12.8. The average molecular weight is 260 g/mol. The molecule has 0 aliphatic rings. The molecule has 0 aliphatic carbocycles. The Balaban J connectivity index is 3.21. The highest BCUT2D eigenvalue weighted by Crippen LogP contribution is 2.27. The minimum atomic E-state index is 0.156. The van der Waals surface area contributed by atoms with Gasteiger partial charge in [0.05, 0.1) is 6.10 Å². The maximum absolute atomic E-state index is 11.4. The lowest BCUT2D eigenvalue weighted by Gasteiger charge is -2.15. The molecule has 2 nitrogen and oxygen atoms in total. The van der Waals surface area contributed by atoms with Crippen molar-refractivity contribution in [1.29, 1.82) is 0 Å². The topological polar surface area (TPSA) is 26.3 Å². The van der Waals surface area contributed by atoms with Crippen molar-refractivity contribution in [2.75, 3.05) is 0 Å². The fraction of sp³-hybridized carbons (Fsp3) is 0.471. The van der Waals surface area contributed by atoms with Crippen LogP contribution in [0.5, 0.6) is 5.75 Å². The van der Waals surface area contributed by atoms with E-state index in [1.165, 1.54) is 0 Å². The van der Waals surface area contributed by atoms with Gasteiger partial charge in [-0.05, 0) is 56.9 Å². The predicted octanol–water partition coefficient (Wildman–Crippen LogP) is 4.41. The molecule has 0 aromatic heterocycles. The van der Waals surface area contributed by atoms with Crippen molar-refractivity contribution >= 4 is 11.9 Å². The van der Waals surface area contributed by atoms with Crippen molar-refractivity contribution in [3.8, 4) is 5.75 Å². The Labute approximate surface area is 116 Å². The van der Waals surface area contributed by atoms with Crippen LogP contribution in [0, 0.1) is 12.8 Å². The standard InChI is InChI=1S/C17H24O2/c1-11(2)14(6)17(10-18)16-8-7-15(9-13(16)5)19-12(3)4/h7-12H,1-6H3/b17-14+. The number of carbonyl (C=O) groups excluding carboxylic acids is 1. The van der Waals surface area contributed by atoms with Gasteiger partial charge in [0.1, 0.15) is 5.75 Å². The van der Waals surface area contributed by atoms with E-state index >= 15 is 0 Å². The number of aldehydes is 1. The molecule has 0 bridgehead atoms. The van der Waals surface area contributed by atoms with E-state index in [4.69, 9.17) is 4.74 Å². The van der Waals surface area contributed by atoms with Gasteiger partial charge >= 0.3 is 0 Å². The molecule has 0 saturated carbocycles. The van der Waals surface area contributed by atoms with Gasteiger partial charge in [0, 0.05) is 5.57 Å². The summed E-state index contributed by atoms with van der Waals surface area (Å²) in [5.41, 5.74) is 3.98. The highest BCUT2D eigenvalue weighted by Gasteiger charge is 2.11. The molecule has 1 aromatic rings. The van der Waals surface area contributed by atoms with Crippen molar-refractivity contribution in [1.82, 2.24) is 0 Å². The Kier molecular flexibility index (Phi) is 5.34. The van der Waals surface area contributed by atoms with Crippen LogP contribution in [0.3, 0.4) is 0 Å². The van der Waals surface area contributed by atoms with Crippen molar-refractivity contribution in [3.05, 3.63) is 34.9 Å². The Bertz CT molecular complexity index is 482. The third kappa shape index (κ3) is 3.95. The van der Waals surface area contributed by atoms with E-state index in [1.807, 2.05) is 45.9 Å². The molecule has 1 aromatic carbocycles. The Morgan fingerprint density at radius 2 is 1.84 bits per heavy atom. The number of allylic oxidation sites excluding steroid dienone is 2. The van der Waals surface area contributed by atoms with E-state index in [0.717, 1.165) is 34.3 Å². The van der Waals surface area contributed by atoms with Gasteiger partial charge in [0.15, 0.2) is 6.29 Å². The molecule has 0 aliphatic heterocycles. The van der Waals surface area contributed by atoms with Crippen LogP contribution in [-0.2, 0) is 4.79 Å². The first-order valence-corrected chi connectivity index (χ1v) is 6.80. The minimum absolute atomic E-state index is 0.156. The van der Waals surface area contributed by atoms with Gasteiger partial charge in [-0.2, -0.15) is 0 Å². The number of benzene rings is 1. The number of rotatable bonds is 5. The maximum Gasteiger partial charge on any atom is 0.150 e. The summed E-state index contributed by atoms with van der Waals surface area (Å²) in [6, 6.07) is 5.90. The Morgan fingerprint density at radius 1 is 1.21 bits per heavy atom. The zero-order valence-electron chi connectivity index (χ0n) is 12.8. The van der Waals surface area contributed by atoms with Gasteiger partial charge in [-0.25, -0.2) is 0 Å². The third-order valence-electron chi connectivity index (χ3n) is 3.27. The molecule has 2 heteroatoms. The van der Waals surface area contributed by atoms with E-state index in [-0.39, 0.29) is 6.10 Å². The quantitative estimate of drug-likeness (QED) is 0.579. The molecule has 0 atom stereocenters. The lowest BCUT2D eigenvalue weighted by atomic mass is 9.92. The summed E-state index contributed by atoms with van der Waals surface area (Å²) in [5, 5.41) is 0. The molecule has 1 rings (SSSR count). The number of carbonyl (C=O) groups is 1. The molecule has 104 valence electrons. The van der Waals surface area contributed by atoms with Gasteiger partial charge in [-0.1, -0.05) is 25.5 Å². The van der Waals surface area contributed by atoms with Crippen LogP contribution >= 0.6 is 0 Å². The predicted molar refractivity (Wildman–Crippen MR) is 80.4 cm³/mol. The van der Waals surface area contributed by atoms with Crippen molar-refractivity contribution in [3.63, 3.8) is 0 Å². The van der Waals surface area contributed by atoms with Crippen LogP contribution < -0.4 is 4.74 Å². The summed E-state index contributed by atoms with van der Waals surface area (Å²) in [7, 11) is 0. The maximum atomic E-state index is 11.4. The Hall–Kier alpha value is -1.57. The molecule has 0 fully saturated rings. The SMILES string of the molecule is C/C(=C(/C=O)c1ccc(OC(C)C)cc1C)C(C)C. The van der Waals surface area contributed by atoms with Crippen LogP contribution in [0.1, 0.15) is 45.7 Å². The monoisotopic (exact) mass is 260 g/mol. The summed E-state index contributed by atoms with van der Waals surface area (Å²) in [4.78, 5) is 11.4. The van der Waals surface area contributed by atoms with E-state index in [1.54, 1.807) is 0 Å². The van der Waals surface area contributed by atoms with E-state index in [9.17, 15) is 4.79 Å². The fourth-order valence-electron chi connectivity index (χ4n) is 1.96. The largest absolute Gasteiger partial charge is 0.491 e. The molecule has 0 heterocycles. The van der Waals surface area contributed by atoms with E-state index in [2.05, 4.69) is 13.8 Å². The average Bonchev–Trinajstić information content (AvgIpc) is 2.31. The smallest absolute Gasteiger partial charge is 0.150 e. The van der Waals surface area contributed by atoms with Crippen molar-refractivity contribution < 1.29 is 9.53 Å². The second-order valence-electron chi connectivity index (χ2n) is 5.51. The van der Waals surface area contributed by atoms with Crippen LogP contribution in [0.15, 0.2) is 23.8 Å². The van der Waals surface area contributed by atoms with Gasteiger partial charge in [-0.3, -0.25) is 4.79 Å². The molecular formula is C17H24O2. The third-order valence-corrected chi connectivity index (χ3v) is 3.27. The molecule has 0 unspecified atom stereocenters. The highest BCUT2D eigenvalue weighted by atomic mass is 16.5. The summed E-state index contributed by atoms with van der Waals surface area (Å²) in [5.74, 6) is 1.22. The summed E-state index contributed by atoms with van der Waals surface area (Å²) in [6.07, 6.45) is 1.12. The van der Waals surface area contributed by atoms with Gasteiger partial charge < -0.3 is 4.74 Å². The molecule has 19 heavy (non-hydrogen) atoms. The second-order valence-corrected chi connectivity index (χ2v) is 5.51. The van der Waals surface area contributed by atoms with Crippen LogP contribution in [0.4, 0.5) is 0 Å². The minimum Gasteiger partial charge on any atom is -0.491 e. The number of aryl methyl sites for hydroxylation is 1. The second kappa shape index (κ2) is 6.55. The summed E-state index contributed by atoms with van der Waals surface area (Å²) in [6.45, 7) is 12.2. The fourth-order valence-corrected chi connectivity index (χ4v) is 1.96. The van der Waals surface area contributed by atoms with Crippen molar-refractivity contribution in [2.45, 2.75) is 47.6 Å². The summed E-state index contributed by atoms with van der Waals surface area (Å²) < 4.78 is 5.67. The first-order chi connectivity index (χ1) is 8.86. The summed E-state index contributed by atoms with van der Waals surface area (Å²) >= 11 is 0. The van der Waals surface area contributed by atoms with E-state index in [0.29, 0.717) is 5.92 Å². The molecular weight excluding hydrogens is 236 g/mol. The number of hydrogen-bond acceptors (Lipinski definition) is 2. The Morgan fingerprint density at radius 3 is 2.26 bits per heavy atom. The molecule has 0 N–H and O–H groups in total. The lowest BCUT2D eigenvalue weighted by molar-refractivity contribution is -0.103. The van der Waals surface area contributed by atoms with Gasteiger partial charge in [0.25, 0.3) is 0 Å². The van der Waals surface area contributed by atoms with E-state index < -0.39 is 0 Å². The molecule has 0 radical (unpaired) electrons. The van der Waals surface area contributed by atoms with Crippen LogP contribution in [0.25, 0.3) is 5.57 Å². The first kappa shape index (κ1) is 15.5. The molecule has 0 amide bonds. The van der Waals surface area contributed by atoms with Gasteiger partial charge in [0.2, 0.25) is 0 Å². The van der Waals surface area contributed by atoms with Gasteiger partial charge in [-0.15, -0.1) is 0 Å². The number of ether oxygens (including phenoxy) is 1. The molecule has 0 saturated heterocycles. The van der Waals surface area contributed by atoms with Crippen LogP contribution in [0.2, 0.25) is 0 Å². The normalized spacial score (nSPS) is 12.6. The highest BCUT2D eigenvalue weighted by molar-refractivity contribution is 6.08.